The van der Waals surface area contributed by atoms with E-state index in [0.717, 1.165) is 18.9 Å². The molecule has 1 amide bonds. The first-order valence-corrected chi connectivity index (χ1v) is 5.90. The van der Waals surface area contributed by atoms with E-state index in [0.29, 0.717) is 11.6 Å². The molecule has 1 saturated heterocycles. The van der Waals surface area contributed by atoms with E-state index in [4.69, 9.17) is 11.6 Å². The van der Waals surface area contributed by atoms with Crippen LogP contribution in [0.15, 0.2) is 18.3 Å². The third kappa shape index (κ3) is 2.68. The zero-order valence-corrected chi connectivity index (χ0v) is 10.4. The molecule has 1 unspecified atom stereocenters. The fraction of sp³-hybridized carbons (Fsp3) is 0.455. The Labute approximate surface area is 105 Å². The summed E-state index contributed by atoms with van der Waals surface area (Å²) in [6.45, 7) is 2.23. The number of hydrogen-bond acceptors (Lipinski definition) is 4. The minimum atomic E-state index is -0.220. The Bertz CT molecular complexity index is 395. The molecule has 2 rings (SSSR count). The van der Waals surface area contributed by atoms with Crippen LogP contribution in [0.4, 0.5) is 5.82 Å². The highest BCUT2D eigenvalue weighted by molar-refractivity contribution is 6.30. The van der Waals surface area contributed by atoms with Gasteiger partial charge in [0.1, 0.15) is 11.9 Å². The average Bonchev–Trinajstić information content (AvgIpc) is 2.39. The number of likely N-dealkylation sites (N-methyl/N-ethyl adjacent to an activating group) is 1. The summed E-state index contributed by atoms with van der Waals surface area (Å²) in [5.41, 5.74) is 0. The number of piperazine rings is 1. The SMILES string of the molecule is CNC(=O)C1CNCCN1c1ccc(Cl)cn1. The van der Waals surface area contributed by atoms with Gasteiger partial charge in [0, 0.05) is 32.9 Å². The van der Waals surface area contributed by atoms with Crippen molar-refractivity contribution in [3.63, 3.8) is 0 Å². The van der Waals surface area contributed by atoms with Crippen molar-refractivity contribution in [2.24, 2.45) is 0 Å². The van der Waals surface area contributed by atoms with E-state index < -0.39 is 0 Å². The Kier molecular flexibility index (Phi) is 3.81. The van der Waals surface area contributed by atoms with E-state index in [2.05, 4.69) is 15.6 Å². The molecule has 5 nitrogen and oxygen atoms in total. The normalized spacial score (nSPS) is 20.1. The summed E-state index contributed by atoms with van der Waals surface area (Å²) in [5.74, 6) is 0.776. The first kappa shape index (κ1) is 12.1. The Hall–Kier alpha value is -1.33. The molecule has 2 N–H and O–H groups in total. The number of anilines is 1. The fourth-order valence-electron chi connectivity index (χ4n) is 1.92. The molecule has 0 radical (unpaired) electrons. The molecular formula is C11H15ClN4O. The van der Waals surface area contributed by atoms with E-state index in [1.165, 1.54) is 0 Å². The van der Waals surface area contributed by atoms with Gasteiger partial charge in [-0.05, 0) is 12.1 Å². The Morgan fingerprint density at radius 3 is 3.12 bits per heavy atom. The van der Waals surface area contributed by atoms with Gasteiger partial charge < -0.3 is 15.5 Å². The molecule has 0 saturated carbocycles. The summed E-state index contributed by atoms with van der Waals surface area (Å²) < 4.78 is 0. The average molecular weight is 255 g/mol. The van der Waals surface area contributed by atoms with Gasteiger partial charge in [-0.2, -0.15) is 0 Å². The maximum absolute atomic E-state index is 11.8. The standard InChI is InChI=1S/C11H15ClN4O/c1-13-11(17)9-7-14-4-5-16(9)10-3-2-8(12)6-15-10/h2-3,6,9,14H,4-5,7H2,1H3,(H,13,17). The molecule has 1 atom stereocenters. The predicted octanol–water partition coefficient (Wildman–Crippen LogP) is 0.259. The smallest absolute Gasteiger partial charge is 0.243 e. The van der Waals surface area contributed by atoms with Crippen LogP contribution in [0, 0.1) is 0 Å². The molecule has 1 aliphatic heterocycles. The molecule has 0 aliphatic carbocycles. The van der Waals surface area contributed by atoms with Gasteiger partial charge in [-0.15, -0.1) is 0 Å². The van der Waals surface area contributed by atoms with Crippen molar-refractivity contribution in [1.82, 2.24) is 15.6 Å². The van der Waals surface area contributed by atoms with E-state index >= 15 is 0 Å². The number of rotatable bonds is 2. The lowest BCUT2D eigenvalue weighted by Crippen LogP contribution is -2.57. The number of hydrogen-bond donors (Lipinski definition) is 2. The van der Waals surface area contributed by atoms with Gasteiger partial charge in [-0.3, -0.25) is 4.79 Å². The van der Waals surface area contributed by atoms with Crippen molar-refractivity contribution in [2.75, 3.05) is 31.6 Å². The first-order chi connectivity index (χ1) is 8.22. The molecule has 0 aromatic carbocycles. The second-order valence-electron chi connectivity index (χ2n) is 3.86. The highest BCUT2D eigenvalue weighted by Gasteiger charge is 2.28. The zero-order valence-electron chi connectivity index (χ0n) is 9.61. The van der Waals surface area contributed by atoms with Crippen LogP contribution in [0.3, 0.4) is 0 Å². The Balaban J connectivity index is 2.21. The molecule has 1 aliphatic rings. The topological polar surface area (TPSA) is 57.3 Å². The lowest BCUT2D eigenvalue weighted by molar-refractivity contribution is -0.122. The Morgan fingerprint density at radius 2 is 2.47 bits per heavy atom. The summed E-state index contributed by atoms with van der Waals surface area (Å²) >= 11 is 5.80. The highest BCUT2D eigenvalue weighted by atomic mass is 35.5. The Morgan fingerprint density at radius 1 is 1.65 bits per heavy atom. The molecule has 0 bridgehead atoms. The maximum Gasteiger partial charge on any atom is 0.243 e. The van der Waals surface area contributed by atoms with Gasteiger partial charge in [0.25, 0.3) is 0 Å². The molecule has 92 valence electrons. The van der Waals surface area contributed by atoms with Crippen molar-refractivity contribution in [1.29, 1.82) is 0 Å². The zero-order chi connectivity index (χ0) is 12.3. The number of aromatic nitrogens is 1. The number of pyridine rings is 1. The van der Waals surface area contributed by atoms with Gasteiger partial charge in [-0.1, -0.05) is 11.6 Å². The van der Waals surface area contributed by atoms with Gasteiger partial charge in [0.2, 0.25) is 5.91 Å². The quantitative estimate of drug-likeness (QED) is 0.795. The molecular weight excluding hydrogens is 240 g/mol. The van der Waals surface area contributed by atoms with Gasteiger partial charge in [0.15, 0.2) is 0 Å². The molecule has 6 heteroatoms. The van der Waals surface area contributed by atoms with Crippen molar-refractivity contribution in [2.45, 2.75) is 6.04 Å². The van der Waals surface area contributed by atoms with E-state index in [1.54, 1.807) is 19.3 Å². The van der Waals surface area contributed by atoms with Crippen LogP contribution in [0.1, 0.15) is 0 Å². The van der Waals surface area contributed by atoms with Crippen LogP contribution in [0.5, 0.6) is 0 Å². The van der Waals surface area contributed by atoms with Gasteiger partial charge in [-0.25, -0.2) is 4.98 Å². The first-order valence-electron chi connectivity index (χ1n) is 5.53. The molecule has 2 heterocycles. The maximum atomic E-state index is 11.8. The van der Waals surface area contributed by atoms with E-state index in [1.807, 2.05) is 11.0 Å². The summed E-state index contributed by atoms with van der Waals surface area (Å²) in [5, 5.41) is 6.47. The van der Waals surface area contributed by atoms with Crippen molar-refractivity contribution in [3.8, 4) is 0 Å². The number of carbonyl (C=O) groups is 1. The molecule has 0 spiro atoms. The monoisotopic (exact) mass is 254 g/mol. The second-order valence-corrected chi connectivity index (χ2v) is 4.30. The third-order valence-corrected chi connectivity index (χ3v) is 3.02. The van der Waals surface area contributed by atoms with Crippen molar-refractivity contribution < 1.29 is 4.79 Å². The summed E-state index contributed by atoms with van der Waals surface area (Å²) in [6.07, 6.45) is 1.60. The van der Waals surface area contributed by atoms with E-state index in [-0.39, 0.29) is 11.9 Å². The minimum Gasteiger partial charge on any atom is -0.357 e. The van der Waals surface area contributed by atoms with Crippen LogP contribution >= 0.6 is 11.6 Å². The van der Waals surface area contributed by atoms with Crippen LogP contribution in [0.2, 0.25) is 5.02 Å². The fourth-order valence-corrected chi connectivity index (χ4v) is 2.03. The van der Waals surface area contributed by atoms with Crippen molar-refractivity contribution >= 4 is 23.3 Å². The van der Waals surface area contributed by atoms with Gasteiger partial charge in [0.05, 0.1) is 5.02 Å². The molecule has 1 aromatic heterocycles. The second kappa shape index (κ2) is 5.33. The van der Waals surface area contributed by atoms with Crippen LogP contribution in [-0.4, -0.2) is 43.6 Å². The number of nitrogens with one attached hydrogen (secondary N) is 2. The lowest BCUT2D eigenvalue weighted by Gasteiger charge is -2.35. The summed E-state index contributed by atoms with van der Waals surface area (Å²) in [6, 6.07) is 3.40. The van der Waals surface area contributed by atoms with Crippen LogP contribution < -0.4 is 15.5 Å². The lowest BCUT2D eigenvalue weighted by atomic mass is 10.1. The van der Waals surface area contributed by atoms with Crippen LogP contribution in [-0.2, 0) is 4.79 Å². The predicted molar refractivity (Wildman–Crippen MR) is 67.3 cm³/mol. The summed E-state index contributed by atoms with van der Waals surface area (Å²) in [4.78, 5) is 18.0. The molecule has 17 heavy (non-hydrogen) atoms. The van der Waals surface area contributed by atoms with Crippen LogP contribution in [0.25, 0.3) is 0 Å². The van der Waals surface area contributed by atoms with Crippen molar-refractivity contribution in [3.05, 3.63) is 23.4 Å². The number of halogens is 1. The van der Waals surface area contributed by atoms with E-state index in [9.17, 15) is 4.79 Å². The molecule has 1 fully saturated rings. The molecule has 1 aromatic rings. The number of amides is 1. The summed E-state index contributed by atoms with van der Waals surface area (Å²) in [7, 11) is 1.64. The highest BCUT2D eigenvalue weighted by Crippen LogP contribution is 2.17. The number of nitrogens with zero attached hydrogens (tertiary/aromatic N) is 2. The third-order valence-electron chi connectivity index (χ3n) is 2.80. The van der Waals surface area contributed by atoms with Gasteiger partial charge >= 0.3 is 0 Å². The minimum absolute atomic E-state index is 0.00560. The largest absolute Gasteiger partial charge is 0.357 e. The number of carbonyl (C=O) groups excluding carboxylic acids is 1.